The van der Waals surface area contributed by atoms with E-state index in [0.717, 1.165) is 19.4 Å². The predicted octanol–water partition coefficient (Wildman–Crippen LogP) is 0.0131. The van der Waals surface area contributed by atoms with Crippen LogP contribution in [0, 0.1) is 6.92 Å². The molecule has 6 heteroatoms. The van der Waals surface area contributed by atoms with Gasteiger partial charge in [0.25, 0.3) is 5.91 Å². The Hall–Kier alpha value is -1.53. The maximum Gasteiger partial charge on any atom is 0.252 e. The molecule has 2 heterocycles. The quantitative estimate of drug-likeness (QED) is 0.785. The van der Waals surface area contributed by atoms with Crippen LogP contribution in [0.25, 0.3) is 0 Å². The van der Waals surface area contributed by atoms with Gasteiger partial charge in [-0.1, -0.05) is 0 Å². The normalized spacial score (nSPS) is 20.2. The van der Waals surface area contributed by atoms with Crippen molar-refractivity contribution in [1.29, 1.82) is 0 Å². The Bertz CT molecular complexity index is 450. The van der Waals surface area contributed by atoms with Crippen LogP contribution in [0.2, 0.25) is 0 Å². The first-order chi connectivity index (χ1) is 8.63. The number of primary amides is 1. The summed E-state index contributed by atoms with van der Waals surface area (Å²) in [6.45, 7) is 3.47. The van der Waals surface area contributed by atoms with Gasteiger partial charge in [-0.15, -0.1) is 0 Å². The van der Waals surface area contributed by atoms with Crippen LogP contribution in [0.4, 0.5) is 0 Å². The molecule has 1 atom stereocenters. The summed E-state index contributed by atoms with van der Waals surface area (Å²) in [5.74, 6) is 0.209. The van der Waals surface area contributed by atoms with Crippen LogP contribution >= 0.6 is 0 Å². The molecular formula is C12H18N4O2. The smallest absolute Gasteiger partial charge is 0.252 e. The standard InChI is InChI=1S/C12H18N4O2/c1-8-9(11(13)18)7-14-12(15-8)10-3-2-4-16(10)5-6-17/h7,10,17H,2-6H2,1H3,(H2,13,18)/t10-/m0/s1. The molecule has 0 saturated carbocycles. The summed E-state index contributed by atoms with van der Waals surface area (Å²) in [6.07, 6.45) is 3.55. The molecule has 1 amide bonds. The lowest BCUT2D eigenvalue weighted by Crippen LogP contribution is -2.28. The van der Waals surface area contributed by atoms with Crippen LogP contribution in [0.5, 0.6) is 0 Å². The summed E-state index contributed by atoms with van der Waals surface area (Å²) < 4.78 is 0. The highest BCUT2D eigenvalue weighted by molar-refractivity contribution is 5.93. The molecule has 1 fully saturated rings. The van der Waals surface area contributed by atoms with Gasteiger partial charge in [-0.2, -0.15) is 0 Å². The van der Waals surface area contributed by atoms with Crippen LogP contribution < -0.4 is 5.73 Å². The van der Waals surface area contributed by atoms with Gasteiger partial charge in [0.15, 0.2) is 0 Å². The lowest BCUT2D eigenvalue weighted by Gasteiger charge is -2.22. The van der Waals surface area contributed by atoms with Crippen molar-refractivity contribution >= 4 is 5.91 Å². The Morgan fingerprint density at radius 1 is 1.67 bits per heavy atom. The molecule has 98 valence electrons. The fourth-order valence-corrected chi connectivity index (χ4v) is 2.40. The van der Waals surface area contributed by atoms with Crippen molar-refractivity contribution in [2.75, 3.05) is 19.7 Å². The van der Waals surface area contributed by atoms with E-state index in [1.54, 1.807) is 6.92 Å². The van der Waals surface area contributed by atoms with Crippen LogP contribution in [0.15, 0.2) is 6.20 Å². The zero-order chi connectivity index (χ0) is 13.1. The average molecular weight is 250 g/mol. The molecule has 2 rings (SSSR count). The monoisotopic (exact) mass is 250 g/mol. The Labute approximate surface area is 106 Å². The molecule has 3 N–H and O–H groups in total. The molecular weight excluding hydrogens is 232 g/mol. The van der Waals surface area contributed by atoms with E-state index in [1.807, 2.05) is 0 Å². The minimum absolute atomic E-state index is 0.134. The van der Waals surface area contributed by atoms with Gasteiger partial charge in [-0.3, -0.25) is 9.69 Å². The lowest BCUT2D eigenvalue weighted by molar-refractivity contribution is 0.0998. The van der Waals surface area contributed by atoms with Gasteiger partial charge in [0.1, 0.15) is 5.82 Å². The Morgan fingerprint density at radius 3 is 3.06 bits per heavy atom. The van der Waals surface area contributed by atoms with Crippen LogP contribution in [-0.2, 0) is 0 Å². The third-order valence-electron chi connectivity index (χ3n) is 3.31. The largest absolute Gasteiger partial charge is 0.395 e. The van der Waals surface area contributed by atoms with Gasteiger partial charge in [0.2, 0.25) is 0 Å². The number of carbonyl (C=O) groups is 1. The lowest BCUT2D eigenvalue weighted by atomic mass is 10.1. The Kier molecular flexibility index (Phi) is 3.88. The van der Waals surface area contributed by atoms with E-state index in [4.69, 9.17) is 10.8 Å². The molecule has 1 aromatic heterocycles. The molecule has 0 radical (unpaired) electrons. The number of aliphatic hydroxyl groups excluding tert-OH is 1. The summed E-state index contributed by atoms with van der Waals surface area (Å²) in [5.41, 5.74) is 6.21. The molecule has 18 heavy (non-hydrogen) atoms. The van der Waals surface area contributed by atoms with Crippen molar-refractivity contribution in [3.05, 3.63) is 23.3 Å². The molecule has 1 saturated heterocycles. The van der Waals surface area contributed by atoms with E-state index >= 15 is 0 Å². The van der Waals surface area contributed by atoms with E-state index in [2.05, 4.69) is 14.9 Å². The maximum atomic E-state index is 11.1. The molecule has 6 nitrogen and oxygen atoms in total. The summed E-state index contributed by atoms with van der Waals surface area (Å²) in [6, 6.07) is 0.137. The first-order valence-electron chi connectivity index (χ1n) is 6.11. The summed E-state index contributed by atoms with van der Waals surface area (Å²) in [5, 5.41) is 9.02. The van der Waals surface area contributed by atoms with Gasteiger partial charge in [0.05, 0.1) is 23.9 Å². The van der Waals surface area contributed by atoms with Crippen LogP contribution in [0.1, 0.15) is 40.8 Å². The minimum Gasteiger partial charge on any atom is -0.395 e. The van der Waals surface area contributed by atoms with Gasteiger partial charge >= 0.3 is 0 Å². The molecule has 1 aromatic rings. The second kappa shape index (κ2) is 5.41. The van der Waals surface area contributed by atoms with Gasteiger partial charge in [-0.25, -0.2) is 9.97 Å². The van der Waals surface area contributed by atoms with Gasteiger partial charge in [0, 0.05) is 12.7 Å². The van der Waals surface area contributed by atoms with Crippen molar-refractivity contribution in [3.8, 4) is 0 Å². The highest BCUT2D eigenvalue weighted by Crippen LogP contribution is 2.29. The van der Waals surface area contributed by atoms with Crippen molar-refractivity contribution in [3.63, 3.8) is 0 Å². The number of hydrogen-bond acceptors (Lipinski definition) is 5. The average Bonchev–Trinajstić information content (AvgIpc) is 2.77. The minimum atomic E-state index is -0.502. The second-order valence-electron chi connectivity index (χ2n) is 4.51. The second-order valence-corrected chi connectivity index (χ2v) is 4.51. The number of β-amino-alcohol motifs (C(OH)–C–C–N with tert-alkyl or cyclic N) is 1. The fourth-order valence-electron chi connectivity index (χ4n) is 2.40. The molecule has 0 aliphatic carbocycles. The number of hydrogen-bond donors (Lipinski definition) is 2. The topological polar surface area (TPSA) is 92.3 Å². The number of rotatable bonds is 4. The highest BCUT2D eigenvalue weighted by Gasteiger charge is 2.28. The summed E-state index contributed by atoms with van der Waals surface area (Å²) in [7, 11) is 0. The third-order valence-corrected chi connectivity index (χ3v) is 3.31. The van der Waals surface area contributed by atoms with E-state index in [-0.39, 0.29) is 12.6 Å². The number of nitrogens with zero attached hydrogens (tertiary/aromatic N) is 3. The highest BCUT2D eigenvalue weighted by atomic mass is 16.3. The first kappa shape index (κ1) is 12.9. The number of amides is 1. The number of carbonyl (C=O) groups excluding carboxylic acids is 1. The van der Waals surface area contributed by atoms with Crippen molar-refractivity contribution in [1.82, 2.24) is 14.9 Å². The predicted molar refractivity (Wildman–Crippen MR) is 65.9 cm³/mol. The van der Waals surface area contributed by atoms with Crippen LogP contribution in [0.3, 0.4) is 0 Å². The third kappa shape index (κ3) is 2.49. The molecule has 1 aliphatic heterocycles. The molecule has 0 spiro atoms. The SMILES string of the molecule is Cc1nc([C@@H]2CCCN2CCO)ncc1C(N)=O. The Balaban J connectivity index is 2.23. The first-order valence-corrected chi connectivity index (χ1v) is 6.11. The number of aromatic nitrogens is 2. The molecule has 1 aliphatic rings. The van der Waals surface area contributed by atoms with Gasteiger partial charge < -0.3 is 10.8 Å². The zero-order valence-corrected chi connectivity index (χ0v) is 10.5. The van der Waals surface area contributed by atoms with Crippen molar-refractivity contribution in [2.24, 2.45) is 5.73 Å². The van der Waals surface area contributed by atoms with E-state index < -0.39 is 5.91 Å². The number of likely N-dealkylation sites (tertiary alicyclic amines) is 1. The van der Waals surface area contributed by atoms with Crippen molar-refractivity contribution in [2.45, 2.75) is 25.8 Å². The van der Waals surface area contributed by atoms with Crippen molar-refractivity contribution < 1.29 is 9.90 Å². The zero-order valence-electron chi connectivity index (χ0n) is 10.5. The van der Waals surface area contributed by atoms with Crippen LogP contribution in [-0.4, -0.2) is 45.6 Å². The number of aryl methyl sites for hydroxylation is 1. The Morgan fingerprint density at radius 2 is 2.44 bits per heavy atom. The summed E-state index contributed by atoms with van der Waals surface area (Å²) in [4.78, 5) is 21.9. The summed E-state index contributed by atoms with van der Waals surface area (Å²) >= 11 is 0. The van der Waals surface area contributed by atoms with E-state index in [9.17, 15) is 4.79 Å². The van der Waals surface area contributed by atoms with Gasteiger partial charge in [-0.05, 0) is 26.3 Å². The molecule has 0 bridgehead atoms. The fraction of sp³-hybridized carbons (Fsp3) is 0.583. The number of aliphatic hydroxyl groups is 1. The van der Waals surface area contributed by atoms with E-state index in [1.165, 1.54) is 6.20 Å². The maximum absolute atomic E-state index is 11.1. The van der Waals surface area contributed by atoms with E-state index in [0.29, 0.717) is 23.6 Å². The molecule has 0 aromatic carbocycles. The molecule has 0 unspecified atom stereocenters. The number of nitrogens with two attached hydrogens (primary N) is 1.